The number of halogens is 2. The minimum absolute atomic E-state index is 0.0931. The highest BCUT2D eigenvalue weighted by atomic mass is 35.5. The summed E-state index contributed by atoms with van der Waals surface area (Å²) in [5, 5.41) is 21.2. The standard InChI is InChI=1S/C28H19Cl2N3O5S2/c29-18-6-3-5-15(12-18)23-22(24(34)16-8-9-20-21(13-16)38-11-10-37-20)25(35)26(36)33(23)27-31-32-28(40-27)39-14-17-4-1-2-7-19(17)30/h1-9,12-13,23,34H,10-11,14H2/b24-22+/t23-/m0/s1. The normalized spacial score (nSPS) is 17.9. The van der Waals surface area contributed by atoms with Crippen molar-refractivity contribution < 1.29 is 24.2 Å². The van der Waals surface area contributed by atoms with Crippen molar-refractivity contribution in [1.29, 1.82) is 0 Å². The van der Waals surface area contributed by atoms with Gasteiger partial charge in [-0.2, -0.15) is 0 Å². The van der Waals surface area contributed by atoms with E-state index in [9.17, 15) is 14.7 Å². The van der Waals surface area contributed by atoms with Crippen LogP contribution in [0.4, 0.5) is 5.13 Å². The third-order valence-electron chi connectivity index (χ3n) is 6.34. The molecule has 0 spiro atoms. The lowest BCUT2D eigenvalue weighted by molar-refractivity contribution is -0.132. The number of aromatic nitrogens is 2. The van der Waals surface area contributed by atoms with Crippen LogP contribution >= 0.6 is 46.3 Å². The summed E-state index contributed by atoms with van der Waals surface area (Å²) in [6.45, 7) is 0.775. The molecule has 1 atom stereocenters. The first-order chi connectivity index (χ1) is 19.4. The van der Waals surface area contributed by atoms with Gasteiger partial charge in [-0.15, -0.1) is 10.2 Å². The zero-order chi connectivity index (χ0) is 27.8. The Bertz CT molecular complexity index is 1680. The third kappa shape index (κ3) is 5.03. The van der Waals surface area contributed by atoms with Gasteiger partial charge < -0.3 is 14.6 Å². The van der Waals surface area contributed by atoms with Crippen LogP contribution in [0, 0.1) is 0 Å². The molecule has 3 aromatic carbocycles. The number of rotatable bonds is 6. The van der Waals surface area contributed by atoms with Gasteiger partial charge in [-0.1, -0.05) is 76.6 Å². The summed E-state index contributed by atoms with van der Waals surface area (Å²) in [6.07, 6.45) is 0. The van der Waals surface area contributed by atoms with E-state index in [0.29, 0.717) is 56.0 Å². The predicted molar refractivity (Wildman–Crippen MR) is 155 cm³/mol. The van der Waals surface area contributed by atoms with Gasteiger partial charge in [-0.05, 0) is 47.5 Å². The molecule has 3 heterocycles. The Morgan fingerprint density at radius 3 is 2.60 bits per heavy atom. The maximum atomic E-state index is 13.5. The lowest BCUT2D eigenvalue weighted by atomic mass is 9.95. The summed E-state index contributed by atoms with van der Waals surface area (Å²) in [4.78, 5) is 28.2. The van der Waals surface area contributed by atoms with Crippen molar-refractivity contribution in [2.75, 3.05) is 18.1 Å². The van der Waals surface area contributed by atoms with E-state index >= 15 is 0 Å². The lowest BCUT2D eigenvalue weighted by Crippen LogP contribution is -2.29. The predicted octanol–water partition coefficient (Wildman–Crippen LogP) is 6.53. The molecule has 40 heavy (non-hydrogen) atoms. The van der Waals surface area contributed by atoms with Gasteiger partial charge in [0.2, 0.25) is 5.13 Å². The minimum Gasteiger partial charge on any atom is -0.507 e. The number of hydrogen-bond donors (Lipinski definition) is 1. The molecule has 1 amide bonds. The average molecular weight is 613 g/mol. The third-order valence-corrected chi connectivity index (χ3v) is 9.04. The van der Waals surface area contributed by atoms with E-state index in [-0.39, 0.29) is 16.5 Å². The fourth-order valence-corrected chi connectivity index (χ4v) is 6.83. The smallest absolute Gasteiger partial charge is 0.301 e. The molecular formula is C28H19Cl2N3O5S2. The van der Waals surface area contributed by atoms with Gasteiger partial charge in [-0.3, -0.25) is 14.5 Å². The molecule has 0 unspecified atom stereocenters. The molecule has 0 aliphatic carbocycles. The number of ether oxygens (including phenoxy) is 2. The number of carbonyl (C=O) groups excluding carboxylic acids is 2. The van der Waals surface area contributed by atoms with E-state index in [0.717, 1.165) is 5.56 Å². The number of benzene rings is 3. The molecule has 0 radical (unpaired) electrons. The highest BCUT2D eigenvalue weighted by Gasteiger charge is 2.48. The second-order valence-electron chi connectivity index (χ2n) is 8.81. The number of Topliss-reactive ketones (excluding diaryl/α,β-unsaturated/α-hetero) is 1. The van der Waals surface area contributed by atoms with Crippen molar-refractivity contribution in [3.8, 4) is 11.5 Å². The van der Waals surface area contributed by atoms with E-state index in [2.05, 4.69) is 10.2 Å². The fraction of sp³-hybridized carbons (Fsp3) is 0.143. The summed E-state index contributed by atoms with van der Waals surface area (Å²) < 4.78 is 11.8. The number of hydrogen-bond acceptors (Lipinski definition) is 9. The van der Waals surface area contributed by atoms with Crippen molar-refractivity contribution in [3.05, 3.63) is 99.0 Å². The number of carbonyl (C=O) groups is 2. The van der Waals surface area contributed by atoms with Crippen LogP contribution in [-0.4, -0.2) is 40.2 Å². The number of fused-ring (bicyclic) bond motifs is 1. The summed E-state index contributed by atoms with van der Waals surface area (Å²) in [5.74, 6) is -0.505. The molecule has 1 N–H and O–H groups in total. The summed E-state index contributed by atoms with van der Waals surface area (Å²) in [5.41, 5.74) is 1.68. The van der Waals surface area contributed by atoms with E-state index in [1.54, 1.807) is 42.5 Å². The van der Waals surface area contributed by atoms with Crippen LogP contribution in [0.15, 0.2) is 76.6 Å². The summed E-state index contributed by atoms with van der Waals surface area (Å²) in [7, 11) is 0. The lowest BCUT2D eigenvalue weighted by Gasteiger charge is -2.23. The number of aliphatic hydroxyl groups is 1. The zero-order valence-corrected chi connectivity index (χ0v) is 23.7. The van der Waals surface area contributed by atoms with Gasteiger partial charge in [0.1, 0.15) is 19.0 Å². The summed E-state index contributed by atoms with van der Waals surface area (Å²) >= 11 is 15.2. The van der Waals surface area contributed by atoms with E-state index in [4.69, 9.17) is 32.7 Å². The highest BCUT2D eigenvalue weighted by molar-refractivity contribution is 8.00. The van der Waals surface area contributed by atoms with Gasteiger partial charge >= 0.3 is 5.91 Å². The van der Waals surface area contributed by atoms with Crippen molar-refractivity contribution in [2.24, 2.45) is 0 Å². The molecule has 0 saturated carbocycles. The number of thioether (sulfide) groups is 1. The van der Waals surface area contributed by atoms with Crippen LogP contribution < -0.4 is 14.4 Å². The van der Waals surface area contributed by atoms with Crippen molar-refractivity contribution in [1.82, 2.24) is 10.2 Å². The van der Waals surface area contributed by atoms with Crippen LogP contribution in [-0.2, 0) is 15.3 Å². The molecule has 202 valence electrons. The van der Waals surface area contributed by atoms with E-state index < -0.39 is 17.7 Å². The molecule has 4 aromatic rings. The van der Waals surface area contributed by atoms with Crippen LogP contribution in [0.5, 0.6) is 11.5 Å². The van der Waals surface area contributed by atoms with Gasteiger partial charge in [0.25, 0.3) is 5.78 Å². The fourth-order valence-electron chi connectivity index (χ4n) is 4.48. The molecule has 1 saturated heterocycles. The van der Waals surface area contributed by atoms with E-state index in [1.165, 1.54) is 28.0 Å². The first kappa shape index (κ1) is 26.6. The van der Waals surface area contributed by atoms with Crippen molar-refractivity contribution >= 4 is 68.9 Å². The second-order valence-corrected chi connectivity index (χ2v) is 11.8. The SMILES string of the molecule is O=C1C(=O)N(c2nnc(SCc3ccccc3Cl)s2)[C@@H](c2cccc(Cl)c2)/C1=C(\O)c1ccc2c(c1)OCCO2. The molecule has 8 nitrogen and oxygen atoms in total. The van der Waals surface area contributed by atoms with Crippen molar-refractivity contribution in [3.63, 3.8) is 0 Å². The molecule has 2 aliphatic heterocycles. The number of anilines is 1. The van der Waals surface area contributed by atoms with Gasteiger partial charge in [-0.25, -0.2) is 0 Å². The Balaban J connectivity index is 1.39. The number of amides is 1. The highest BCUT2D eigenvalue weighted by Crippen LogP contribution is 2.45. The molecule has 2 aliphatic rings. The van der Waals surface area contributed by atoms with Crippen molar-refractivity contribution in [2.45, 2.75) is 16.1 Å². The Morgan fingerprint density at radius 2 is 1.80 bits per heavy atom. The van der Waals surface area contributed by atoms with Gasteiger partial charge in [0, 0.05) is 21.4 Å². The first-order valence-electron chi connectivity index (χ1n) is 12.1. The number of nitrogens with zero attached hydrogens (tertiary/aromatic N) is 3. The van der Waals surface area contributed by atoms with Gasteiger partial charge in [0.05, 0.1) is 11.6 Å². The maximum absolute atomic E-state index is 13.5. The number of aliphatic hydroxyl groups excluding tert-OH is 1. The topological polar surface area (TPSA) is 102 Å². The summed E-state index contributed by atoms with van der Waals surface area (Å²) in [6, 6.07) is 18.2. The Kier molecular flexibility index (Phi) is 7.41. The Labute approximate surface area is 247 Å². The van der Waals surface area contributed by atoms with Crippen LogP contribution in [0.1, 0.15) is 22.7 Å². The molecule has 1 aromatic heterocycles. The van der Waals surface area contributed by atoms with Crippen LogP contribution in [0.25, 0.3) is 5.76 Å². The van der Waals surface area contributed by atoms with Gasteiger partial charge in [0.15, 0.2) is 15.8 Å². The molecule has 6 rings (SSSR count). The molecular weight excluding hydrogens is 593 g/mol. The van der Waals surface area contributed by atoms with Crippen LogP contribution in [0.2, 0.25) is 10.0 Å². The first-order valence-corrected chi connectivity index (χ1v) is 14.6. The zero-order valence-electron chi connectivity index (χ0n) is 20.5. The monoisotopic (exact) mass is 611 g/mol. The largest absolute Gasteiger partial charge is 0.507 e. The second kappa shape index (κ2) is 11.1. The average Bonchev–Trinajstić information content (AvgIpc) is 3.54. The maximum Gasteiger partial charge on any atom is 0.301 e. The molecule has 0 bridgehead atoms. The Hall–Kier alpha value is -3.57. The molecule has 1 fully saturated rings. The van der Waals surface area contributed by atoms with E-state index in [1.807, 2.05) is 24.3 Å². The molecule has 12 heteroatoms. The van der Waals surface area contributed by atoms with Crippen LogP contribution in [0.3, 0.4) is 0 Å². The quantitative estimate of drug-likeness (QED) is 0.0862. The Morgan fingerprint density at radius 1 is 1.00 bits per heavy atom. The number of ketones is 1. The minimum atomic E-state index is -0.985.